The van der Waals surface area contributed by atoms with E-state index in [0.717, 1.165) is 12.8 Å². The molecule has 0 aliphatic carbocycles. The SMILES string of the molecule is Cc1nc(CCC(N)C(C)(C)C)sc1C. The summed E-state index contributed by atoms with van der Waals surface area (Å²) >= 11 is 1.80. The Balaban J connectivity index is 2.51. The minimum atomic E-state index is 0.196. The van der Waals surface area contributed by atoms with Crippen LogP contribution in [0.4, 0.5) is 0 Å². The van der Waals surface area contributed by atoms with Crippen LogP contribution in [0.2, 0.25) is 0 Å². The second-order valence-electron chi connectivity index (χ2n) is 5.26. The fraction of sp³-hybridized carbons (Fsp3) is 0.750. The summed E-state index contributed by atoms with van der Waals surface area (Å²) in [6, 6.07) is 0.252. The molecule has 0 saturated heterocycles. The van der Waals surface area contributed by atoms with Crippen LogP contribution in [0.3, 0.4) is 0 Å². The van der Waals surface area contributed by atoms with Crippen molar-refractivity contribution >= 4 is 11.3 Å². The van der Waals surface area contributed by atoms with Gasteiger partial charge in [-0.05, 0) is 25.7 Å². The zero-order chi connectivity index (χ0) is 11.6. The standard InChI is InChI=1S/C12H22N2S/c1-8-9(2)15-11(14-8)7-6-10(13)12(3,4)5/h10H,6-7,13H2,1-5H3. The van der Waals surface area contributed by atoms with Crippen LogP contribution < -0.4 is 5.73 Å². The van der Waals surface area contributed by atoms with E-state index in [1.54, 1.807) is 11.3 Å². The third-order valence-corrected chi connectivity index (χ3v) is 3.99. The van der Waals surface area contributed by atoms with Gasteiger partial charge in [0.05, 0.1) is 10.7 Å². The smallest absolute Gasteiger partial charge is 0.0931 e. The molecule has 1 heterocycles. The van der Waals surface area contributed by atoms with Crippen LogP contribution >= 0.6 is 11.3 Å². The summed E-state index contributed by atoms with van der Waals surface area (Å²) in [5.74, 6) is 0. The van der Waals surface area contributed by atoms with Gasteiger partial charge in [-0.15, -0.1) is 11.3 Å². The first-order valence-electron chi connectivity index (χ1n) is 5.49. The quantitative estimate of drug-likeness (QED) is 0.860. The molecule has 1 aromatic heterocycles. The molecule has 0 spiro atoms. The summed E-state index contributed by atoms with van der Waals surface area (Å²) in [6.07, 6.45) is 2.04. The van der Waals surface area contributed by atoms with E-state index >= 15 is 0 Å². The van der Waals surface area contributed by atoms with Crippen molar-refractivity contribution in [2.45, 2.75) is 53.5 Å². The number of nitrogens with two attached hydrogens (primary N) is 1. The maximum atomic E-state index is 6.12. The number of hydrogen-bond donors (Lipinski definition) is 1. The van der Waals surface area contributed by atoms with E-state index in [1.807, 2.05) is 0 Å². The van der Waals surface area contributed by atoms with Gasteiger partial charge < -0.3 is 5.73 Å². The Bertz CT molecular complexity index is 303. The monoisotopic (exact) mass is 226 g/mol. The van der Waals surface area contributed by atoms with Crippen molar-refractivity contribution in [3.63, 3.8) is 0 Å². The van der Waals surface area contributed by atoms with Crippen LogP contribution in [0.25, 0.3) is 0 Å². The molecule has 2 N–H and O–H groups in total. The Morgan fingerprint density at radius 2 is 1.93 bits per heavy atom. The van der Waals surface area contributed by atoms with Crippen LogP contribution in [-0.4, -0.2) is 11.0 Å². The number of nitrogens with zero attached hydrogens (tertiary/aromatic N) is 1. The molecule has 1 aromatic rings. The second kappa shape index (κ2) is 4.62. The largest absolute Gasteiger partial charge is 0.327 e. The Hall–Kier alpha value is -0.410. The van der Waals surface area contributed by atoms with Gasteiger partial charge in [0, 0.05) is 17.3 Å². The van der Waals surface area contributed by atoms with Gasteiger partial charge in [-0.1, -0.05) is 20.8 Å². The molecule has 86 valence electrons. The van der Waals surface area contributed by atoms with Crippen molar-refractivity contribution in [3.8, 4) is 0 Å². The maximum Gasteiger partial charge on any atom is 0.0931 e. The molecule has 15 heavy (non-hydrogen) atoms. The van der Waals surface area contributed by atoms with E-state index in [1.165, 1.54) is 15.6 Å². The van der Waals surface area contributed by atoms with E-state index < -0.39 is 0 Å². The van der Waals surface area contributed by atoms with Crippen molar-refractivity contribution in [1.29, 1.82) is 0 Å². The lowest BCUT2D eigenvalue weighted by Crippen LogP contribution is -2.35. The highest BCUT2D eigenvalue weighted by Gasteiger charge is 2.20. The Morgan fingerprint density at radius 1 is 1.33 bits per heavy atom. The van der Waals surface area contributed by atoms with E-state index in [4.69, 9.17) is 5.73 Å². The number of rotatable bonds is 3. The normalized spacial score (nSPS) is 14.3. The topological polar surface area (TPSA) is 38.9 Å². The zero-order valence-electron chi connectivity index (χ0n) is 10.4. The van der Waals surface area contributed by atoms with Crippen LogP contribution in [-0.2, 0) is 6.42 Å². The summed E-state index contributed by atoms with van der Waals surface area (Å²) in [4.78, 5) is 5.86. The van der Waals surface area contributed by atoms with Crippen molar-refractivity contribution < 1.29 is 0 Å². The lowest BCUT2D eigenvalue weighted by Gasteiger charge is -2.26. The first kappa shape index (κ1) is 12.7. The molecule has 2 nitrogen and oxygen atoms in total. The molecule has 0 saturated carbocycles. The highest BCUT2D eigenvalue weighted by atomic mass is 32.1. The minimum Gasteiger partial charge on any atom is -0.327 e. The summed E-state index contributed by atoms with van der Waals surface area (Å²) < 4.78 is 0. The molecular weight excluding hydrogens is 204 g/mol. The first-order chi connectivity index (χ1) is 6.80. The van der Waals surface area contributed by atoms with Gasteiger partial charge >= 0.3 is 0 Å². The summed E-state index contributed by atoms with van der Waals surface area (Å²) in [7, 11) is 0. The number of aromatic nitrogens is 1. The number of thiazole rings is 1. The second-order valence-corrected chi connectivity index (χ2v) is 6.55. The predicted octanol–water partition coefficient (Wildman–Crippen LogP) is 3.07. The third kappa shape index (κ3) is 3.58. The first-order valence-corrected chi connectivity index (χ1v) is 6.31. The van der Waals surface area contributed by atoms with Crippen LogP contribution in [0, 0.1) is 19.3 Å². The Kier molecular flexibility index (Phi) is 3.90. The molecular formula is C12H22N2S. The van der Waals surface area contributed by atoms with Crippen molar-refractivity contribution in [1.82, 2.24) is 4.98 Å². The van der Waals surface area contributed by atoms with Gasteiger partial charge in [0.2, 0.25) is 0 Å². The van der Waals surface area contributed by atoms with Gasteiger partial charge in [0.25, 0.3) is 0 Å². The fourth-order valence-corrected chi connectivity index (χ4v) is 2.31. The van der Waals surface area contributed by atoms with Crippen molar-refractivity contribution in [2.24, 2.45) is 11.1 Å². The molecule has 0 aliphatic rings. The Morgan fingerprint density at radius 3 is 2.33 bits per heavy atom. The molecule has 0 radical (unpaired) electrons. The van der Waals surface area contributed by atoms with E-state index in [2.05, 4.69) is 39.6 Å². The highest BCUT2D eigenvalue weighted by Crippen LogP contribution is 2.23. The van der Waals surface area contributed by atoms with E-state index in [0.29, 0.717) is 0 Å². The molecule has 0 amide bonds. The fourth-order valence-electron chi connectivity index (χ4n) is 1.36. The van der Waals surface area contributed by atoms with Crippen LogP contribution in [0.1, 0.15) is 42.8 Å². The summed E-state index contributed by atoms with van der Waals surface area (Å²) in [5, 5.41) is 1.23. The van der Waals surface area contributed by atoms with Gasteiger partial charge in [-0.25, -0.2) is 4.98 Å². The molecule has 0 aromatic carbocycles. The summed E-state index contributed by atoms with van der Waals surface area (Å²) in [5.41, 5.74) is 7.48. The third-order valence-electron chi connectivity index (χ3n) is 2.85. The Labute approximate surface area is 96.9 Å². The molecule has 0 fully saturated rings. The van der Waals surface area contributed by atoms with E-state index in [9.17, 15) is 0 Å². The van der Waals surface area contributed by atoms with Gasteiger partial charge in [0.1, 0.15) is 0 Å². The van der Waals surface area contributed by atoms with Gasteiger partial charge in [0.15, 0.2) is 0 Å². The molecule has 1 unspecified atom stereocenters. The van der Waals surface area contributed by atoms with Crippen LogP contribution in [0.5, 0.6) is 0 Å². The lowest BCUT2D eigenvalue weighted by atomic mass is 9.85. The highest BCUT2D eigenvalue weighted by molar-refractivity contribution is 7.11. The zero-order valence-corrected chi connectivity index (χ0v) is 11.2. The maximum absolute atomic E-state index is 6.12. The molecule has 0 aliphatic heterocycles. The van der Waals surface area contributed by atoms with Gasteiger partial charge in [-0.3, -0.25) is 0 Å². The number of hydrogen-bond acceptors (Lipinski definition) is 3. The van der Waals surface area contributed by atoms with Gasteiger partial charge in [-0.2, -0.15) is 0 Å². The minimum absolute atomic E-state index is 0.196. The average Bonchev–Trinajstić information content (AvgIpc) is 2.41. The average molecular weight is 226 g/mol. The molecule has 0 bridgehead atoms. The number of aryl methyl sites for hydroxylation is 3. The van der Waals surface area contributed by atoms with Crippen LogP contribution in [0.15, 0.2) is 0 Å². The molecule has 3 heteroatoms. The van der Waals surface area contributed by atoms with Crippen molar-refractivity contribution in [2.75, 3.05) is 0 Å². The van der Waals surface area contributed by atoms with Crippen molar-refractivity contribution in [3.05, 3.63) is 15.6 Å². The lowest BCUT2D eigenvalue weighted by molar-refractivity contribution is 0.306. The molecule has 1 atom stereocenters. The van der Waals surface area contributed by atoms with E-state index in [-0.39, 0.29) is 11.5 Å². The molecule has 1 rings (SSSR count). The predicted molar refractivity (Wildman–Crippen MR) is 67.3 cm³/mol. The summed E-state index contributed by atoms with van der Waals surface area (Å²) in [6.45, 7) is 10.8.